The minimum atomic E-state index is -5.19. The summed E-state index contributed by atoms with van der Waals surface area (Å²) in [4.78, 5) is 25.1. The lowest BCUT2D eigenvalue weighted by molar-refractivity contribution is -0.137. The Labute approximate surface area is 285 Å². The summed E-state index contributed by atoms with van der Waals surface area (Å²) in [5.41, 5.74) is 1.38. The van der Waals surface area contributed by atoms with Crippen LogP contribution in [0.1, 0.15) is 37.3 Å². The van der Waals surface area contributed by atoms with E-state index in [0.717, 1.165) is 18.6 Å². The summed E-state index contributed by atoms with van der Waals surface area (Å²) >= 11 is 0.643. The fraction of sp³-hybridized carbons (Fsp3) is 0.455. The number of likely N-dealkylation sites (tertiary alicyclic amines) is 1. The molecule has 5 heterocycles. The molecule has 0 bridgehead atoms. The van der Waals surface area contributed by atoms with Gasteiger partial charge in [-0.15, -0.1) is 11.3 Å². The molecule has 9 nitrogen and oxygen atoms in total. The zero-order valence-electron chi connectivity index (χ0n) is 26.8. The molecule has 0 unspecified atom stereocenters. The van der Waals surface area contributed by atoms with Crippen LogP contribution in [0.25, 0.3) is 32.1 Å². The lowest BCUT2D eigenvalue weighted by atomic mass is 9.92. The van der Waals surface area contributed by atoms with Gasteiger partial charge in [0.25, 0.3) is 0 Å². The summed E-state index contributed by atoms with van der Waals surface area (Å²) in [5, 5.41) is 8.90. The van der Waals surface area contributed by atoms with Gasteiger partial charge in [-0.3, -0.25) is 9.69 Å². The molecule has 0 spiro atoms. The number of likely N-dealkylation sites (N-methyl/N-ethyl adjacent to an activating group) is 1. The number of hydrogen-bond donors (Lipinski definition) is 1. The fourth-order valence-electron chi connectivity index (χ4n) is 7.69. The minimum Gasteiger partial charge on any atom is -0.461 e. The number of fused-ring (bicyclic) bond motifs is 3. The van der Waals surface area contributed by atoms with E-state index in [-0.39, 0.29) is 59.1 Å². The molecule has 3 fully saturated rings. The van der Waals surface area contributed by atoms with Crippen LogP contribution in [0.5, 0.6) is 6.01 Å². The van der Waals surface area contributed by atoms with Crippen molar-refractivity contribution in [2.75, 3.05) is 50.5 Å². The molecule has 264 valence electrons. The van der Waals surface area contributed by atoms with Crippen LogP contribution in [0.15, 0.2) is 18.2 Å². The Bertz CT molecular complexity index is 2090. The highest BCUT2D eigenvalue weighted by Gasteiger charge is 2.49. The third-order valence-corrected chi connectivity index (χ3v) is 11.1. The number of rotatable bonds is 6. The predicted octanol–water partition coefficient (Wildman–Crippen LogP) is 6.22. The summed E-state index contributed by atoms with van der Waals surface area (Å²) in [6, 6.07) is 2.71. The average Bonchev–Trinajstić information content (AvgIpc) is 3.80. The smallest absolute Gasteiger partial charge is 0.417 e. The maximum Gasteiger partial charge on any atom is 0.417 e. The van der Waals surface area contributed by atoms with Crippen molar-refractivity contribution in [2.24, 2.45) is 0 Å². The number of halogens is 7. The molecule has 3 aliphatic heterocycles. The maximum absolute atomic E-state index is 17.0. The second-order valence-electron chi connectivity index (χ2n) is 13.1. The second-order valence-corrected chi connectivity index (χ2v) is 14.1. The number of anilines is 2. The van der Waals surface area contributed by atoms with E-state index in [1.165, 1.54) is 23.8 Å². The summed E-state index contributed by atoms with van der Waals surface area (Å²) in [5.74, 6) is -3.04. The van der Waals surface area contributed by atoms with E-state index < -0.39 is 81.2 Å². The monoisotopic (exact) mass is 721 g/mol. The van der Waals surface area contributed by atoms with E-state index in [4.69, 9.17) is 10.5 Å². The quantitative estimate of drug-likeness (QED) is 0.234. The molecule has 4 atom stereocenters. The van der Waals surface area contributed by atoms with Gasteiger partial charge < -0.3 is 20.3 Å². The summed E-state index contributed by atoms with van der Waals surface area (Å²) < 4.78 is 112. The molecule has 3 saturated heterocycles. The first-order valence-electron chi connectivity index (χ1n) is 15.8. The van der Waals surface area contributed by atoms with E-state index in [0.29, 0.717) is 30.4 Å². The molecule has 17 heteroatoms. The fourth-order valence-corrected chi connectivity index (χ4v) is 8.64. The van der Waals surface area contributed by atoms with Gasteiger partial charge in [0.1, 0.15) is 47.2 Å². The Kier molecular flexibility index (Phi) is 8.25. The zero-order chi connectivity index (χ0) is 35.9. The number of nitrogens with two attached hydrogens (primary N) is 1. The summed E-state index contributed by atoms with van der Waals surface area (Å²) in [6.07, 6.45) is -6.34. The van der Waals surface area contributed by atoms with Gasteiger partial charge >= 0.3 is 12.2 Å². The van der Waals surface area contributed by atoms with Crippen LogP contribution < -0.4 is 15.4 Å². The Morgan fingerprint density at radius 3 is 2.66 bits per heavy atom. The normalized spacial score (nSPS) is 23.9. The highest BCUT2D eigenvalue weighted by atomic mass is 32.1. The highest BCUT2D eigenvalue weighted by Crippen LogP contribution is 2.48. The lowest BCUT2D eigenvalue weighted by Crippen LogP contribution is -2.43. The molecule has 7 rings (SSSR count). The second kappa shape index (κ2) is 12.1. The molecule has 0 saturated carbocycles. The topological polar surface area (TPSA) is 112 Å². The van der Waals surface area contributed by atoms with Gasteiger partial charge in [0.15, 0.2) is 5.82 Å². The molecular formula is C33H30F7N7O2S. The van der Waals surface area contributed by atoms with Crippen molar-refractivity contribution in [3.63, 3.8) is 0 Å². The van der Waals surface area contributed by atoms with E-state index >= 15 is 8.78 Å². The number of nitrogen functional groups attached to an aromatic ring is 1. The van der Waals surface area contributed by atoms with Crippen LogP contribution in [-0.2, 0) is 11.0 Å². The Morgan fingerprint density at radius 1 is 1.22 bits per heavy atom. The van der Waals surface area contributed by atoms with Crippen LogP contribution >= 0.6 is 11.3 Å². The first kappa shape index (κ1) is 34.0. The van der Waals surface area contributed by atoms with Gasteiger partial charge in [0, 0.05) is 49.8 Å². The number of benzene rings is 2. The summed E-state index contributed by atoms with van der Waals surface area (Å²) in [7, 11) is 1.37. The number of thiophene rings is 1. The number of nitriles is 1. The van der Waals surface area contributed by atoms with Gasteiger partial charge in [0.2, 0.25) is 5.91 Å². The van der Waals surface area contributed by atoms with E-state index in [2.05, 4.69) is 9.97 Å². The molecule has 2 N–H and O–H groups in total. The number of ether oxygens (including phenoxy) is 1. The molecule has 0 radical (unpaired) electrons. The first-order valence-corrected chi connectivity index (χ1v) is 16.6. The van der Waals surface area contributed by atoms with E-state index in [1.54, 1.807) is 6.07 Å². The molecule has 2 aromatic carbocycles. The van der Waals surface area contributed by atoms with Crippen LogP contribution in [0.3, 0.4) is 0 Å². The van der Waals surface area contributed by atoms with Crippen molar-refractivity contribution in [2.45, 2.75) is 56.3 Å². The van der Waals surface area contributed by atoms with Crippen LogP contribution in [0, 0.1) is 23.0 Å². The van der Waals surface area contributed by atoms with Crippen LogP contribution in [0.2, 0.25) is 0 Å². The lowest BCUT2D eigenvalue weighted by Gasteiger charge is -2.31. The third kappa shape index (κ3) is 5.43. The van der Waals surface area contributed by atoms with Crippen molar-refractivity contribution in [3.05, 3.63) is 41.0 Å². The standard InChI is InChI=1S/C33H30F7N7O2S/c1-15(48)46-12-22(36)23(13-46)45(2)30-18-8-20(33(38,39)40)25(17-4-5-21(35)28-24(17)19(10-41)29(42)50-28)26(37)27(18)43-31(44-30)49-14-32-6-3-7-47(32)11-16(34)9-32/h4-5,8,16,22-23H,3,6-7,9,11-14,42H2,1-2H3/t16-,22+,23-,32+/m1/s1. The summed E-state index contributed by atoms with van der Waals surface area (Å²) in [6.45, 7) is 1.63. The van der Waals surface area contributed by atoms with Gasteiger partial charge in [-0.1, -0.05) is 6.07 Å². The van der Waals surface area contributed by atoms with Gasteiger partial charge in [-0.05, 0) is 37.1 Å². The zero-order valence-corrected chi connectivity index (χ0v) is 27.6. The van der Waals surface area contributed by atoms with Crippen LogP contribution in [0.4, 0.5) is 41.6 Å². The van der Waals surface area contributed by atoms with Crippen molar-refractivity contribution in [3.8, 4) is 23.2 Å². The number of alkyl halides is 5. The minimum absolute atomic E-state index is 0.0945. The van der Waals surface area contributed by atoms with Gasteiger partial charge in [-0.2, -0.15) is 28.4 Å². The van der Waals surface area contributed by atoms with Crippen molar-refractivity contribution >= 4 is 49.1 Å². The predicted molar refractivity (Wildman–Crippen MR) is 172 cm³/mol. The molecule has 50 heavy (non-hydrogen) atoms. The number of nitrogens with zero attached hydrogens (tertiary/aromatic N) is 6. The SMILES string of the molecule is CC(=O)N1C[C@@H](N(C)c2nc(OC[C@@]34CCCN3C[C@H](F)C4)nc3c(F)c(-c4ccc(F)c5sc(N)c(C#N)c45)c(C(F)(F)F)cc23)[C@@H](F)C1. The number of amides is 1. The molecule has 1 amide bonds. The molecule has 2 aromatic heterocycles. The third-order valence-electron chi connectivity index (χ3n) is 10.1. The largest absolute Gasteiger partial charge is 0.461 e. The molecule has 0 aliphatic carbocycles. The Balaban J connectivity index is 1.45. The number of hydrogen-bond acceptors (Lipinski definition) is 9. The van der Waals surface area contributed by atoms with Crippen molar-refractivity contribution in [1.82, 2.24) is 19.8 Å². The molecular weight excluding hydrogens is 691 g/mol. The maximum atomic E-state index is 17.0. The highest BCUT2D eigenvalue weighted by molar-refractivity contribution is 7.23. The van der Waals surface area contributed by atoms with Crippen molar-refractivity contribution < 1.29 is 40.3 Å². The van der Waals surface area contributed by atoms with Crippen LogP contribution in [-0.4, -0.2) is 89.4 Å². The van der Waals surface area contributed by atoms with E-state index in [9.17, 15) is 32.0 Å². The van der Waals surface area contributed by atoms with Gasteiger partial charge in [-0.25, -0.2) is 17.6 Å². The number of carbonyl (C=O) groups is 1. The first-order chi connectivity index (χ1) is 23.6. The number of aromatic nitrogens is 2. The molecule has 4 aromatic rings. The number of carbonyl (C=O) groups excluding carboxylic acids is 1. The van der Waals surface area contributed by atoms with Gasteiger partial charge in [0.05, 0.1) is 34.0 Å². The van der Waals surface area contributed by atoms with Crippen molar-refractivity contribution in [1.29, 1.82) is 5.26 Å². The molecule has 3 aliphatic rings. The Morgan fingerprint density at radius 2 is 1.98 bits per heavy atom. The average molecular weight is 722 g/mol. The Hall–Kier alpha value is -4.43. The van der Waals surface area contributed by atoms with E-state index in [1.807, 2.05) is 4.90 Å².